The summed E-state index contributed by atoms with van der Waals surface area (Å²) in [5.41, 5.74) is -0.426. The number of ether oxygens (including phenoxy) is 1. The van der Waals surface area contributed by atoms with E-state index < -0.39 is 13.9 Å². The molecule has 0 aromatic rings. The number of likely N-dealkylation sites (tertiary alicyclic amines) is 1. The number of piperidine rings is 1. The molecule has 0 N–H and O–H groups in total. The summed E-state index contributed by atoms with van der Waals surface area (Å²) >= 11 is 0. The van der Waals surface area contributed by atoms with Crippen molar-refractivity contribution in [2.24, 2.45) is 0 Å². The number of hydrogen-bond acceptors (Lipinski definition) is 3. The van der Waals surface area contributed by atoms with E-state index in [1.807, 2.05) is 25.7 Å². The van der Waals surface area contributed by atoms with Crippen molar-refractivity contribution in [2.45, 2.75) is 103 Å². The fourth-order valence-electron chi connectivity index (χ4n) is 2.72. The number of carbonyl (C=O) groups excluding carboxylic acids is 1. The van der Waals surface area contributed by atoms with Crippen LogP contribution in [0, 0.1) is 0 Å². The zero-order chi connectivity index (χ0) is 18.6. The van der Waals surface area contributed by atoms with Gasteiger partial charge in [-0.05, 0) is 71.0 Å². The third kappa shape index (κ3) is 6.75. The van der Waals surface area contributed by atoms with Gasteiger partial charge in [-0.3, -0.25) is 0 Å². The topological polar surface area (TPSA) is 38.8 Å². The normalized spacial score (nSPS) is 20.2. The molecule has 1 atom stereocenters. The highest BCUT2D eigenvalue weighted by Gasteiger charge is 2.37. The number of amides is 1. The van der Waals surface area contributed by atoms with Crippen molar-refractivity contribution in [2.75, 3.05) is 13.2 Å². The van der Waals surface area contributed by atoms with E-state index in [0.29, 0.717) is 6.04 Å². The molecular weight excluding hydrogens is 318 g/mol. The first-order valence-corrected chi connectivity index (χ1v) is 12.4. The fourth-order valence-corrected chi connectivity index (χ4v) is 3.81. The molecule has 142 valence electrons. The van der Waals surface area contributed by atoms with Crippen LogP contribution in [0.1, 0.15) is 73.6 Å². The summed E-state index contributed by atoms with van der Waals surface area (Å²) < 4.78 is 11.8. The second kappa shape index (κ2) is 8.22. The number of hydrogen-bond donors (Lipinski definition) is 0. The summed E-state index contributed by atoms with van der Waals surface area (Å²) in [6.07, 6.45) is 5.23. The van der Waals surface area contributed by atoms with Crippen LogP contribution in [0.15, 0.2) is 0 Å². The van der Waals surface area contributed by atoms with Crippen LogP contribution in [0.4, 0.5) is 4.79 Å². The molecule has 24 heavy (non-hydrogen) atoms. The molecule has 0 saturated carbocycles. The molecule has 0 aromatic heterocycles. The van der Waals surface area contributed by atoms with Gasteiger partial charge < -0.3 is 14.1 Å². The van der Waals surface area contributed by atoms with Crippen LogP contribution in [0.2, 0.25) is 18.1 Å². The lowest BCUT2D eigenvalue weighted by atomic mass is 9.98. The fraction of sp³-hybridized carbons (Fsp3) is 0.947. The lowest BCUT2D eigenvalue weighted by Crippen LogP contribution is -2.46. The van der Waals surface area contributed by atoms with Gasteiger partial charge in [-0.25, -0.2) is 4.79 Å². The smallest absolute Gasteiger partial charge is 0.410 e. The standard InChI is InChI=1S/C19H39NO3Si/c1-18(2,3)23-17(21)20-14-10-9-12-16(20)13-11-15-22-24(7,8)19(4,5)6/h16H,9-15H2,1-8H3/t16-/m1/s1. The highest BCUT2D eigenvalue weighted by atomic mass is 28.4. The van der Waals surface area contributed by atoms with Crippen LogP contribution in [-0.4, -0.2) is 44.1 Å². The Labute approximate surface area is 150 Å². The van der Waals surface area contributed by atoms with E-state index in [1.165, 1.54) is 6.42 Å². The van der Waals surface area contributed by atoms with E-state index in [-0.39, 0.29) is 11.1 Å². The molecule has 1 saturated heterocycles. The minimum absolute atomic E-state index is 0.155. The van der Waals surface area contributed by atoms with Crippen molar-refractivity contribution in [3.05, 3.63) is 0 Å². The van der Waals surface area contributed by atoms with Crippen molar-refractivity contribution >= 4 is 14.4 Å². The van der Waals surface area contributed by atoms with Crippen LogP contribution in [-0.2, 0) is 9.16 Å². The van der Waals surface area contributed by atoms with Gasteiger partial charge in [-0.2, -0.15) is 0 Å². The quantitative estimate of drug-likeness (QED) is 0.476. The molecule has 1 fully saturated rings. The molecule has 0 radical (unpaired) electrons. The van der Waals surface area contributed by atoms with Gasteiger partial charge in [0, 0.05) is 19.2 Å². The van der Waals surface area contributed by atoms with Crippen molar-refractivity contribution in [3.63, 3.8) is 0 Å². The van der Waals surface area contributed by atoms with Gasteiger partial charge in [0.25, 0.3) is 0 Å². The third-order valence-corrected chi connectivity index (χ3v) is 9.74. The first kappa shape index (κ1) is 21.5. The highest BCUT2D eigenvalue weighted by molar-refractivity contribution is 6.74. The Morgan fingerprint density at radius 1 is 1.12 bits per heavy atom. The van der Waals surface area contributed by atoms with E-state index in [9.17, 15) is 4.79 Å². The summed E-state index contributed by atoms with van der Waals surface area (Å²) in [6, 6.07) is 0.302. The Bertz CT molecular complexity index is 410. The van der Waals surface area contributed by atoms with Crippen molar-refractivity contribution in [1.82, 2.24) is 4.90 Å². The van der Waals surface area contributed by atoms with Gasteiger partial charge in [-0.1, -0.05) is 20.8 Å². The summed E-state index contributed by atoms with van der Waals surface area (Å²) in [7, 11) is -1.67. The molecule has 0 unspecified atom stereocenters. The van der Waals surface area contributed by atoms with E-state index in [4.69, 9.17) is 9.16 Å². The first-order chi connectivity index (χ1) is 10.8. The first-order valence-electron chi connectivity index (χ1n) is 9.47. The molecule has 5 heteroatoms. The largest absolute Gasteiger partial charge is 0.444 e. The zero-order valence-electron chi connectivity index (χ0n) is 17.2. The lowest BCUT2D eigenvalue weighted by Gasteiger charge is -2.38. The predicted octanol–water partition coefficient (Wildman–Crippen LogP) is 5.58. The maximum Gasteiger partial charge on any atom is 0.410 e. The summed E-state index contributed by atoms with van der Waals surface area (Å²) in [5, 5.41) is 0.250. The van der Waals surface area contributed by atoms with E-state index >= 15 is 0 Å². The summed E-state index contributed by atoms with van der Waals surface area (Å²) in [5.74, 6) is 0. The molecule has 1 amide bonds. The molecular formula is C19H39NO3Si. The minimum atomic E-state index is -1.67. The van der Waals surface area contributed by atoms with Crippen LogP contribution < -0.4 is 0 Å². The molecule has 0 spiro atoms. The number of carbonyl (C=O) groups is 1. The maximum atomic E-state index is 12.4. The van der Waals surface area contributed by atoms with E-state index in [2.05, 4.69) is 33.9 Å². The van der Waals surface area contributed by atoms with Crippen LogP contribution >= 0.6 is 0 Å². The molecule has 1 aliphatic rings. The van der Waals surface area contributed by atoms with Crippen molar-refractivity contribution < 1.29 is 14.0 Å². The van der Waals surface area contributed by atoms with E-state index in [1.54, 1.807) is 0 Å². The van der Waals surface area contributed by atoms with Gasteiger partial charge >= 0.3 is 6.09 Å². The van der Waals surface area contributed by atoms with Gasteiger partial charge in [-0.15, -0.1) is 0 Å². The Hall–Kier alpha value is -0.553. The third-order valence-electron chi connectivity index (χ3n) is 5.21. The molecule has 0 aromatic carbocycles. The maximum absolute atomic E-state index is 12.4. The van der Waals surface area contributed by atoms with Crippen LogP contribution in [0.3, 0.4) is 0 Å². The summed E-state index contributed by atoms with van der Waals surface area (Å²) in [6.45, 7) is 18.8. The number of rotatable bonds is 5. The lowest BCUT2D eigenvalue weighted by molar-refractivity contribution is 0.00817. The molecule has 0 aliphatic carbocycles. The molecule has 0 bridgehead atoms. The minimum Gasteiger partial charge on any atom is -0.444 e. The van der Waals surface area contributed by atoms with Crippen LogP contribution in [0.5, 0.6) is 0 Å². The monoisotopic (exact) mass is 357 g/mol. The highest BCUT2D eigenvalue weighted by Crippen LogP contribution is 2.36. The van der Waals surface area contributed by atoms with Gasteiger partial charge in [0.1, 0.15) is 5.60 Å². The van der Waals surface area contributed by atoms with Crippen LogP contribution in [0.25, 0.3) is 0 Å². The van der Waals surface area contributed by atoms with Gasteiger partial charge in [0.2, 0.25) is 0 Å². The number of nitrogens with zero attached hydrogens (tertiary/aromatic N) is 1. The van der Waals surface area contributed by atoms with Crippen molar-refractivity contribution in [1.29, 1.82) is 0 Å². The Kier molecular flexibility index (Phi) is 7.36. The van der Waals surface area contributed by atoms with E-state index in [0.717, 1.165) is 38.8 Å². The molecule has 4 nitrogen and oxygen atoms in total. The second-order valence-electron chi connectivity index (χ2n) is 9.57. The summed E-state index contributed by atoms with van der Waals surface area (Å²) in [4.78, 5) is 14.4. The Morgan fingerprint density at radius 3 is 2.29 bits per heavy atom. The molecule has 1 rings (SSSR count). The second-order valence-corrected chi connectivity index (χ2v) is 14.4. The Balaban J connectivity index is 2.48. The zero-order valence-corrected chi connectivity index (χ0v) is 18.2. The van der Waals surface area contributed by atoms with Gasteiger partial charge in [0.15, 0.2) is 8.32 Å². The average molecular weight is 358 g/mol. The average Bonchev–Trinajstić information content (AvgIpc) is 2.41. The Morgan fingerprint density at radius 2 is 1.75 bits per heavy atom. The molecule has 1 aliphatic heterocycles. The molecule has 1 heterocycles. The predicted molar refractivity (Wildman–Crippen MR) is 103 cm³/mol. The van der Waals surface area contributed by atoms with Gasteiger partial charge in [0.05, 0.1) is 0 Å². The van der Waals surface area contributed by atoms with Crippen molar-refractivity contribution in [3.8, 4) is 0 Å². The SMILES string of the molecule is CC(C)(C)OC(=O)N1CCCC[C@@H]1CCCO[Si](C)(C)C(C)(C)C.